The van der Waals surface area contributed by atoms with Crippen molar-refractivity contribution in [1.82, 2.24) is 4.90 Å². The second-order valence-electron chi connectivity index (χ2n) is 3.32. The van der Waals surface area contributed by atoms with Crippen LogP contribution in [0.3, 0.4) is 0 Å². The number of alkyl halides is 3. The Labute approximate surface area is 84.1 Å². The first kappa shape index (κ1) is 9.98. The summed E-state index contributed by atoms with van der Waals surface area (Å²) in [6.07, 6.45) is -3.14. The maximum absolute atomic E-state index is 12.4. The van der Waals surface area contributed by atoms with Crippen LogP contribution < -0.4 is 0 Å². The molecule has 1 aliphatic heterocycles. The Morgan fingerprint density at radius 1 is 1.21 bits per heavy atom. The minimum atomic E-state index is -4.17. The van der Waals surface area contributed by atoms with Crippen LogP contribution in [0.15, 0.2) is 11.4 Å². The minimum Gasteiger partial charge on any atom is -0.214 e. The first-order valence-corrected chi connectivity index (χ1v) is 5.32. The molecule has 0 radical (unpaired) electrons. The lowest BCUT2D eigenvalue weighted by molar-refractivity contribution is -0.244. The average Bonchev–Trinajstić information content (AvgIpc) is 2.42. The minimum absolute atomic E-state index is 0.0905. The van der Waals surface area contributed by atoms with Gasteiger partial charge in [0.25, 0.3) is 0 Å². The SMILES string of the molecule is FC(F)(F)N1CCc2ccsc2CC1. The highest BCUT2D eigenvalue weighted by Gasteiger charge is 2.37. The Morgan fingerprint density at radius 2 is 1.93 bits per heavy atom. The highest BCUT2D eigenvalue weighted by molar-refractivity contribution is 7.10. The van der Waals surface area contributed by atoms with Crippen molar-refractivity contribution in [3.63, 3.8) is 0 Å². The molecule has 0 unspecified atom stereocenters. The quantitative estimate of drug-likeness (QED) is 0.609. The largest absolute Gasteiger partial charge is 0.459 e. The fraction of sp³-hybridized carbons (Fsp3) is 0.556. The van der Waals surface area contributed by atoms with Crippen molar-refractivity contribution in [2.75, 3.05) is 13.1 Å². The van der Waals surface area contributed by atoms with Gasteiger partial charge in [-0.15, -0.1) is 11.3 Å². The van der Waals surface area contributed by atoms with Crippen molar-refractivity contribution < 1.29 is 13.2 Å². The van der Waals surface area contributed by atoms with Gasteiger partial charge in [0.15, 0.2) is 0 Å². The van der Waals surface area contributed by atoms with E-state index in [1.165, 1.54) is 0 Å². The van der Waals surface area contributed by atoms with E-state index in [2.05, 4.69) is 0 Å². The molecule has 0 aliphatic carbocycles. The van der Waals surface area contributed by atoms with Gasteiger partial charge in [-0.3, -0.25) is 0 Å². The number of hydrogen-bond acceptors (Lipinski definition) is 2. The predicted molar refractivity (Wildman–Crippen MR) is 49.4 cm³/mol. The van der Waals surface area contributed by atoms with Crippen LogP contribution in [-0.2, 0) is 12.8 Å². The molecule has 0 bridgehead atoms. The molecular formula is C9H10F3NS. The molecule has 1 aromatic rings. The lowest BCUT2D eigenvalue weighted by Gasteiger charge is -2.22. The van der Waals surface area contributed by atoms with Gasteiger partial charge in [-0.05, 0) is 29.9 Å². The first-order chi connectivity index (χ1) is 6.57. The van der Waals surface area contributed by atoms with Crippen molar-refractivity contribution in [3.8, 4) is 0 Å². The van der Waals surface area contributed by atoms with Gasteiger partial charge in [0, 0.05) is 18.0 Å². The van der Waals surface area contributed by atoms with Gasteiger partial charge in [0.05, 0.1) is 0 Å². The third kappa shape index (κ3) is 1.93. The summed E-state index contributed by atoms with van der Waals surface area (Å²) in [6.45, 7) is 0.185. The summed E-state index contributed by atoms with van der Waals surface area (Å²) in [4.78, 5) is 1.71. The zero-order valence-electron chi connectivity index (χ0n) is 7.47. The Kier molecular flexibility index (Phi) is 2.53. The number of hydrogen-bond donors (Lipinski definition) is 0. The second kappa shape index (κ2) is 3.55. The molecule has 0 atom stereocenters. The zero-order valence-corrected chi connectivity index (χ0v) is 8.29. The maximum Gasteiger partial charge on any atom is 0.459 e. The topological polar surface area (TPSA) is 3.24 Å². The van der Waals surface area contributed by atoms with Crippen LogP contribution in [0.5, 0.6) is 0 Å². The fourth-order valence-corrected chi connectivity index (χ4v) is 2.59. The molecular weight excluding hydrogens is 211 g/mol. The van der Waals surface area contributed by atoms with E-state index >= 15 is 0 Å². The fourth-order valence-electron chi connectivity index (χ4n) is 1.67. The summed E-state index contributed by atoms with van der Waals surface area (Å²) >= 11 is 1.56. The second-order valence-corrected chi connectivity index (χ2v) is 4.32. The van der Waals surface area contributed by atoms with E-state index in [-0.39, 0.29) is 13.1 Å². The van der Waals surface area contributed by atoms with Crippen molar-refractivity contribution >= 4 is 11.3 Å². The molecule has 1 aliphatic rings. The molecule has 2 rings (SSSR count). The summed E-state index contributed by atoms with van der Waals surface area (Å²) < 4.78 is 37.1. The van der Waals surface area contributed by atoms with Crippen LogP contribution >= 0.6 is 11.3 Å². The van der Waals surface area contributed by atoms with Crippen molar-refractivity contribution in [1.29, 1.82) is 0 Å². The van der Waals surface area contributed by atoms with Gasteiger partial charge in [-0.2, -0.15) is 13.2 Å². The predicted octanol–water partition coefficient (Wildman–Crippen LogP) is 2.67. The monoisotopic (exact) mass is 221 g/mol. The van der Waals surface area contributed by atoms with Crippen molar-refractivity contribution in [3.05, 3.63) is 21.9 Å². The summed E-state index contributed by atoms with van der Waals surface area (Å²) in [5, 5.41) is 1.95. The smallest absolute Gasteiger partial charge is 0.214 e. The highest BCUT2D eigenvalue weighted by Crippen LogP contribution is 2.27. The lowest BCUT2D eigenvalue weighted by atomic mass is 10.2. The molecule has 0 fully saturated rings. The van der Waals surface area contributed by atoms with E-state index in [1.807, 2.05) is 11.4 Å². The highest BCUT2D eigenvalue weighted by atomic mass is 32.1. The molecule has 0 N–H and O–H groups in total. The third-order valence-corrected chi connectivity index (χ3v) is 3.48. The molecule has 0 aromatic carbocycles. The Bertz CT molecular complexity index is 296. The van der Waals surface area contributed by atoms with E-state index < -0.39 is 6.30 Å². The molecule has 2 heterocycles. The van der Waals surface area contributed by atoms with Gasteiger partial charge >= 0.3 is 6.30 Å². The van der Waals surface area contributed by atoms with Crippen molar-refractivity contribution in [2.24, 2.45) is 0 Å². The van der Waals surface area contributed by atoms with Gasteiger partial charge in [0.1, 0.15) is 0 Å². The van der Waals surface area contributed by atoms with Gasteiger partial charge in [-0.25, -0.2) is 4.90 Å². The van der Waals surface area contributed by atoms with Crippen LogP contribution in [0.25, 0.3) is 0 Å². The molecule has 78 valence electrons. The van der Waals surface area contributed by atoms with Gasteiger partial charge < -0.3 is 0 Å². The molecule has 1 aromatic heterocycles. The molecule has 14 heavy (non-hydrogen) atoms. The maximum atomic E-state index is 12.4. The molecule has 0 amide bonds. The average molecular weight is 221 g/mol. The number of nitrogens with zero attached hydrogens (tertiary/aromatic N) is 1. The van der Waals surface area contributed by atoms with Crippen LogP contribution in [0.1, 0.15) is 10.4 Å². The van der Waals surface area contributed by atoms with E-state index in [1.54, 1.807) is 11.3 Å². The summed E-state index contributed by atoms with van der Waals surface area (Å²) in [7, 11) is 0. The first-order valence-electron chi connectivity index (χ1n) is 4.44. The number of fused-ring (bicyclic) bond motifs is 1. The summed E-state index contributed by atoms with van der Waals surface area (Å²) in [5.41, 5.74) is 1.08. The Hall–Kier alpha value is -0.550. The molecule has 0 spiro atoms. The number of rotatable bonds is 0. The lowest BCUT2D eigenvalue weighted by Crippen LogP contribution is -2.39. The number of thiophene rings is 1. The summed E-state index contributed by atoms with van der Waals surface area (Å²) in [6, 6.07) is 1.93. The normalized spacial score (nSPS) is 19.1. The van der Waals surface area contributed by atoms with Crippen LogP contribution in [0.2, 0.25) is 0 Å². The Balaban J connectivity index is 2.10. The van der Waals surface area contributed by atoms with Crippen LogP contribution in [0, 0.1) is 0 Å². The Morgan fingerprint density at radius 3 is 2.64 bits per heavy atom. The molecule has 5 heteroatoms. The summed E-state index contributed by atoms with van der Waals surface area (Å²) in [5.74, 6) is 0. The molecule has 0 saturated carbocycles. The zero-order chi connectivity index (χ0) is 10.2. The van der Waals surface area contributed by atoms with E-state index in [4.69, 9.17) is 0 Å². The van der Waals surface area contributed by atoms with Gasteiger partial charge in [-0.1, -0.05) is 0 Å². The van der Waals surface area contributed by atoms with Crippen molar-refractivity contribution in [2.45, 2.75) is 19.1 Å². The number of halogens is 3. The van der Waals surface area contributed by atoms with Crippen LogP contribution in [-0.4, -0.2) is 24.3 Å². The third-order valence-electron chi connectivity index (χ3n) is 2.46. The molecule has 0 saturated heterocycles. The standard InChI is InChI=1S/C9H10F3NS/c10-9(11,12)13-4-1-7-3-6-14-8(7)2-5-13/h3,6H,1-2,4-5H2. The molecule has 1 nitrogen and oxygen atoms in total. The van der Waals surface area contributed by atoms with Crippen LogP contribution in [0.4, 0.5) is 13.2 Å². The van der Waals surface area contributed by atoms with E-state index in [9.17, 15) is 13.2 Å². The van der Waals surface area contributed by atoms with E-state index in [0.29, 0.717) is 17.7 Å². The van der Waals surface area contributed by atoms with Gasteiger partial charge in [0.2, 0.25) is 0 Å². The van der Waals surface area contributed by atoms with E-state index in [0.717, 1.165) is 10.4 Å².